The maximum atomic E-state index is 13.2. The van der Waals surface area contributed by atoms with E-state index in [0.29, 0.717) is 22.6 Å². The van der Waals surface area contributed by atoms with E-state index in [4.69, 9.17) is 5.26 Å². The fraction of sp³-hybridized carbons (Fsp3) is 0.238. The summed E-state index contributed by atoms with van der Waals surface area (Å²) < 4.78 is 1.57. The van der Waals surface area contributed by atoms with Gasteiger partial charge in [0.25, 0.3) is 5.56 Å². The minimum Gasteiger partial charge on any atom is -0.354 e. The van der Waals surface area contributed by atoms with E-state index in [1.807, 2.05) is 50.2 Å². The summed E-state index contributed by atoms with van der Waals surface area (Å²) in [6.07, 6.45) is 0.262. The number of fused-ring (bicyclic) bond motifs is 1. The van der Waals surface area contributed by atoms with Gasteiger partial charge < -0.3 is 5.32 Å². The van der Waals surface area contributed by atoms with Crippen LogP contribution in [0.3, 0.4) is 0 Å². The van der Waals surface area contributed by atoms with Crippen LogP contribution in [-0.2, 0) is 4.79 Å². The van der Waals surface area contributed by atoms with E-state index in [-0.39, 0.29) is 23.6 Å². The van der Waals surface area contributed by atoms with Gasteiger partial charge in [0, 0.05) is 6.54 Å². The fourth-order valence-corrected chi connectivity index (χ4v) is 3.75. The number of rotatable bonds is 6. The Kier molecular flexibility index (Phi) is 6.12. The number of benzene rings is 2. The van der Waals surface area contributed by atoms with Gasteiger partial charge in [-0.1, -0.05) is 41.6 Å². The molecule has 6 nitrogen and oxygen atoms in total. The van der Waals surface area contributed by atoms with Crippen molar-refractivity contribution in [3.63, 3.8) is 0 Å². The molecule has 0 fully saturated rings. The van der Waals surface area contributed by atoms with Gasteiger partial charge in [-0.05, 0) is 37.6 Å². The molecule has 28 heavy (non-hydrogen) atoms. The molecule has 1 heterocycles. The van der Waals surface area contributed by atoms with Gasteiger partial charge in [-0.15, -0.1) is 0 Å². The Labute approximate surface area is 167 Å². The fourth-order valence-electron chi connectivity index (χ4n) is 2.92. The summed E-state index contributed by atoms with van der Waals surface area (Å²) in [5.74, 6) is -0.0870. The molecule has 1 N–H and O–H groups in total. The van der Waals surface area contributed by atoms with Crippen molar-refractivity contribution in [2.45, 2.75) is 25.4 Å². The molecular weight excluding hydrogens is 372 g/mol. The molecule has 0 atom stereocenters. The van der Waals surface area contributed by atoms with Crippen LogP contribution in [0.1, 0.15) is 17.5 Å². The van der Waals surface area contributed by atoms with Crippen molar-refractivity contribution >= 4 is 28.6 Å². The van der Waals surface area contributed by atoms with Crippen molar-refractivity contribution in [2.24, 2.45) is 0 Å². The molecule has 0 aliphatic carbocycles. The first kappa shape index (κ1) is 19.6. The zero-order valence-corrected chi connectivity index (χ0v) is 16.5. The lowest BCUT2D eigenvalue weighted by molar-refractivity contribution is -0.118. The summed E-state index contributed by atoms with van der Waals surface area (Å²) >= 11 is 1.21. The van der Waals surface area contributed by atoms with Crippen LogP contribution in [0.15, 0.2) is 52.4 Å². The van der Waals surface area contributed by atoms with E-state index in [9.17, 15) is 9.59 Å². The second kappa shape index (κ2) is 8.72. The van der Waals surface area contributed by atoms with Crippen LogP contribution in [0, 0.1) is 25.2 Å². The smallest absolute Gasteiger partial charge is 0.266 e. The number of hydrogen-bond acceptors (Lipinski definition) is 5. The molecule has 3 aromatic rings. The van der Waals surface area contributed by atoms with Crippen molar-refractivity contribution in [1.29, 1.82) is 5.26 Å². The molecule has 0 saturated heterocycles. The second-order valence-corrected chi connectivity index (χ2v) is 7.33. The quantitative estimate of drug-likeness (QED) is 0.396. The zero-order chi connectivity index (χ0) is 20.1. The Bertz CT molecular complexity index is 1130. The zero-order valence-electron chi connectivity index (χ0n) is 15.7. The van der Waals surface area contributed by atoms with E-state index in [1.54, 1.807) is 16.7 Å². The minimum atomic E-state index is -0.199. The van der Waals surface area contributed by atoms with Crippen LogP contribution in [0.5, 0.6) is 0 Å². The third-order valence-corrected chi connectivity index (χ3v) is 5.17. The van der Waals surface area contributed by atoms with Gasteiger partial charge in [0.1, 0.15) is 0 Å². The average molecular weight is 392 g/mol. The van der Waals surface area contributed by atoms with Crippen molar-refractivity contribution in [1.82, 2.24) is 14.9 Å². The number of para-hydroxylation sites is 1. The lowest BCUT2D eigenvalue weighted by Crippen LogP contribution is -2.27. The van der Waals surface area contributed by atoms with Crippen LogP contribution >= 0.6 is 11.8 Å². The van der Waals surface area contributed by atoms with Crippen molar-refractivity contribution < 1.29 is 4.79 Å². The highest BCUT2D eigenvalue weighted by atomic mass is 32.2. The van der Waals surface area contributed by atoms with E-state index >= 15 is 0 Å². The number of nitriles is 1. The predicted molar refractivity (Wildman–Crippen MR) is 111 cm³/mol. The van der Waals surface area contributed by atoms with Crippen molar-refractivity contribution in [2.75, 3.05) is 12.3 Å². The van der Waals surface area contributed by atoms with Crippen LogP contribution in [0.4, 0.5) is 0 Å². The standard InChI is InChI=1S/C21H20N4O2S/c1-14-8-9-18(15(2)12-14)25-20(27)16-6-3-4-7-17(16)24-21(25)28-13-19(26)23-11-5-10-22/h3-4,6-9,12H,5,11,13H2,1-2H3,(H,23,26). The average Bonchev–Trinajstić information content (AvgIpc) is 2.68. The highest BCUT2D eigenvalue weighted by molar-refractivity contribution is 7.99. The minimum absolute atomic E-state index is 0.112. The Balaban J connectivity index is 2.04. The molecule has 3 rings (SSSR count). The summed E-state index contributed by atoms with van der Waals surface area (Å²) in [6.45, 7) is 4.26. The molecule has 1 aromatic heterocycles. The van der Waals surface area contributed by atoms with E-state index in [1.165, 1.54) is 11.8 Å². The summed E-state index contributed by atoms with van der Waals surface area (Å²) in [7, 11) is 0. The van der Waals surface area contributed by atoms with E-state index in [0.717, 1.165) is 16.8 Å². The molecule has 0 aliphatic heterocycles. The number of amides is 1. The lowest BCUT2D eigenvalue weighted by Gasteiger charge is -2.15. The van der Waals surface area contributed by atoms with Crippen LogP contribution in [-0.4, -0.2) is 27.8 Å². The summed E-state index contributed by atoms with van der Waals surface area (Å²) in [4.78, 5) is 29.9. The molecule has 0 radical (unpaired) electrons. The SMILES string of the molecule is Cc1ccc(-n2c(SCC(=O)NCCC#N)nc3ccccc3c2=O)c(C)c1. The number of nitrogens with zero attached hydrogens (tertiary/aromatic N) is 3. The highest BCUT2D eigenvalue weighted by Gasteiger charge is 2.16. The van der Waals surface area contributed by atoms with E-state index in [2.05, 4.69) is 10.3 Å². The van der Waals surface area contributed by atoms with Crippen LogP contribution in [0.25, 0.3) is 16.6 Å². The summed E-state index contributed by atoms with van der Waals surface area (Å²) in [5, 5.41) is 12.3. The molecule has 2 aromatic carbocycles. The van der Waals surface area contributed by atoms with E-state index < -0.39 is 0 Å². The number of carbonyl (C=O) groups excluding carboxylic acids is 1. The van der Waals surface area contributed by atoms with Gasteiger partial charge in [0.15, 0.2) is 5.16 Å². The number of nitrogens with one attached hydrogen (secondary N) is 1. The Hall–Kier alpha value is -3.11. The first-order valence-electron chi connectivity index (χ1n) is 8.87. The van der Waals surface area contributed by atoms with Crippen LogP contribution in [0.2, 0.25) is 0 Å². The molecule has 1 amide bonds. The Morgan fingerprint density at radius 1 is 1.25 bits per heavy atom. The molecule has 0 unspecified atom stereocenters. The monoisotopic (exact) mass is 392 g/mol. The highest BCUT2D eigenvalue weighted by Crippen LogP contribution is 2.23. The van der Waals surface area contributed by atoms with Gasteiger partial charge in [0.05, 0.1) is 34.8 Å². The molecular formula is C21H20N4O2S. The van der Waals surface area contributed by atoms with Crippen LogP contribution < -0.4 is 10.9 Å². The Morgan fingerprint density at radius 2 is 2.04 bits per heavy atom. The van der Waals surface area contributed by atoms with Gasteiger partial charge in [-0.2, -0.15) is 5.26 Å². The lowest BCUT2D eigenvalue weighted by atomic mass is 10.1. The molecule has 7 heteroatoms. The third-order valence-electron chi connectivity index (χ3n) is 4.23. The normalized spacial score (nSPS) is 10.6. The van der Waals surface area contributed by atoms with Crippen molar-refractivity contribution in [3.05, 3.63) is 63.9 Å². The molecule has 0 aliphatic rings. The van der Waals surface area contributed by atoms with Gasteiger partial charge >= 0.3 is 0 Å². The number of aryl methyl sites for hydroxylation is 2. The first-order chi connectivity index (χ1) is 13.5. The number of thioether (sulfide) groups is 1. The second-order valence-electron chi connectivity index (χ2n) is 6.39. The molecule has 0 spiro atoms. The molecule has 142 valence electrons. The maximum Gasteiger partial charge on any atom is 0.266 e. The Morgan fingerprint density at radius 3 is 2.79 bits per heavy atom. The van der Waals surface area contributed by atoms with Gasteiger partial charge in [-0.3, -0.25) is 14.2 Å². The predicted octanol–water partition coefficient (Wildman–Crippen LogP) is 3.12. The van der Waals surface area contributed by atoms with Crippen molar-refractivity contribution in [3.8, 4) is 11.8 Å². The first-order valence-corrected chi connectivity index (χ1v) is 9.85. The third kappa shape index (κ3) is 4.24. The van der Waals surface area contributed by atoms with Gasteiger partial charge in [-0.25, -0.2) is 4.98 Å². The topological polar surface area (TPSA) is 87.8 Å². The molecule has 0 bridgehead atoms. The maximum absolute atomic E-state index is 13.2. The largest absolute Gasteiger partial charge is 0.354 e. The summed E-state index contributed by atoms with van der Waals surface area (Å²) in [5.41, 5.74) is 3.25. The number of hydrogen-bond donors (Lipinski definition) is 1. The van der Waals surface area contributed by atoms with Gasteiger partial charge in [0.2, 0.25) is 5.91 Å². The number of carbonyl (C=O) groups is 1. The number of aromatic nitrogens is 2. The summed E-state index contributed by atoms with van der Waals surface area (Å²) in [6, 6.07) is 15.0. The molecule has 0 saturated carbocycles.